The van der Waals surface area contributed by atoms with Crippen LogP contribution in [0.15, 0.2) is 23.7 Å². The van der Waals surface area contributed by atoms with E-state index < -0.39 is 5.97 Å². The van der Waals surface area contributed by atoms with Crippen molar-refractivity contribution >= 4 is 23.2 Å². The zero-order chi connectivity index (χ0) is 15.2. The first-order valence-electron chi connectivity index (χ1n) is 6.23. The van der Waals surface area contributed by atoms with E-state index in [2.05, 4.69) is 10.4 Å². The number of ether oxygens (including phenoxy) is 1. The van der Waals surface area contributed by atoms with Crippen LogP contribution in [-0.2, 0) is 16.6 Å². The summed E-state index contributed by atoms with van der Waals surface area (Å²) in [5.74, 6) is -1.29. The molecule has 2 aromatic rings. The lowest BCUT2D eigenvalue weighted by atomic mass is 10.2. The number of amides is 1. The van der Waals surface area contributed by atoms with Gasteiger partial charge in [0.05, 0.1) is 17.0 Å². The number of hydrogen-bond donors (Lipinski definition) is 2. The van der Waals surface area contributed by atoms with Crippen molar-refractivity contribution < 1.29 is 19.4 Å². The van der Waals surface area contributed by atoms with E-state index >= 15 is 0 Å². The Hall–Kier alpha value is -2.19. The first-order valence-corrected chi connectivity index (χ1v) is 7.11. The molecule has 1 amide bonds. The van der Waals surface area contributed by atoms with E-state index in [0.29, 0.717) is 11.3 Å². The highest BCUT2D eigenvalue weighted by molar-refractivity contribution is 7.13. The lowest BCUT2D eigenvalue weighted by Gasteiger charge is -2.04. The molecule has 0 aliphatic rings. The van der Waals surface area contributed by atoms with Crippen LogP contribution in [0.2, 0.25) is 0 Å². The number of hydrogen-bond acceptors (Lipinski definition) is 5. The number of aryl methyl sites for hydroxylation is 1. The Bertz CT molecular complexity index is 621. The third kappa shape index (κ3) is 4.14. The fourth-order valence-electron chi connectivity index (χ4n) is 1.74. The van der Waals surface area contributed by atoms with Gasteiger partial charge in [-0.3, -0.25) is 9.48 Å². The molecule has 0 aromatic carbocycles. The summed E-state index contributed by atoms with van der Waals surface area (Å²) in [4.78, 5) is 23.3. The summed E-state index contributed by atoms with van der Waals surface area (Å²) in [7, 11) is 1.75. The van der Waals surface area contributed by atoms with Crippen LogP contribution in [0.25, 0.3) is 10.6 Å². The fourth-order valence-corrected chi connectivity index (χ4v) is 2.46. The van der Waals surface area contributed by atoms with Gasteiger partial charge in [-0.25, -0.2) is 4.79 Å². The van der Waals surface area contributed by atoms with Gasteiger partial charge in [0.15, 0.2) is 0 Å². The predicted octanol–water partition coefficient (Wildman–Crippen LogP) is 0.980. The molecule has 0 bridgehead atoms. The van der Waals surface area contributed by atoms with E-state index in [1.165, 1.54) is 11.3 Å². The number of carboxylic acids is 1. The zero-order valence-corrected chi connectivity index (χ0v) is 12.2. The largest absolute Gasteiger partial charge is 0.480 e. The Morgan fingerprint density at radius 1 is 1.52 bits per heavy atom. The molecule has 2 heterocycles. The summed E-state index contributed by atoms with van der Waals surface area (Å²) in [6, 6.07) is 3.80. The highest BCUT2D eigenvalue weighted by Gasteiger charge is 2.17. The molecule has 0 aliphatic carbocycles. The van der Waals surface area contributed by atoms with Crippen LogP contribution >= 0.6 is 11.3 Å². The Balaban J connectivity index is 1.95. The van der Waals surface area contributed by atoms with E-state index in [-0.39, 0.29) is 25.7 Å². The van der Waals surface area contributed by atoms with Crippen molar-refractivity contribution in [3.8, 4) is 10.6 Å². The van der Waals surface area contributed by atoms with Crippen LogP contribution in [-0.4, -0.2) is 46.5 Å². The summed E-state index contributed by atoms with van der Waals surface area (Å²) in [6.07, 6.45) is 1.66. The number of rotatable bonds is 7. The van der Waals surface area contributed by atoms with Crippen molar-refractivity contribution in [1.29, 1.82) is 0 Å². The Morgan fingerprint density at radius 3 is 3.00 bits per heavy atom. The SMILES string of the molecule is Cn1cc(C(=O)NCCOCC(=O)O)c(-c2cccs2)n1. The highest BCUT2D eigenvalue weighted by atomic mass is 32.1. The molecule has 0 radical (unpaired) electrons. The summed E-state index contributed by atoms with van der Waals surface area (Å²) in [5, 5.41) is 17.3. The number of carbonyl (C=O) groups is 2. The van der Waals surface area contributed by atoms with E-state index in [1.54, 1.807) is 17.9 Å². The van der Waals surface area contributed by atoms with Gasteiger partial charge >= 0.3 is 5.97 Å². The lowest BCUT2D eigenvalue weighted by molar-refractivity contribution is -0.142. The van der Waals surface area contributed by atoms with Crippen LogP contribution in [0.3, 0.4) is 0 Å². The lowest BCUT2D eigenvalue weighted by Crippen LogP contribution is -2.28. The summed E-state index contributed by atoms with van der Waals surface area (Å²) < 4.78 is 6.44. The molecule has 0 aliphatic heterocycles. The van der Waals surface area contributed by atoms with Crippen LogP contribution in [0.4, 0.5) is 0 Å². The minimum Gasteiger partial charge on any atom is -0.480 e. The molecular formula is C13H15N3O4S. The van der Waals surface area contributed by atoms with E-state index in [9.17, 15) is 9.59 Å². The van der Waals surface area contributed by atoms with Gasteiger partial charge in [0.25, 0.3) is 5.91 Å². The van der Waals surface area contributed by atoms with Gasteiger partial charge in [-0.15, -0.1) is 11.3 Å². The second kappa shape index (κ2) is 7.00. The standard InChI is InChI=1S/C13H15N3O4S/c1-16-7-9(12(15-16)10-3-2-6-21-10)13(19)14-4-5-20-8-11(17)18/h2-3,6-7H,4-5,8H2,1H3,(H,14,19)(H,17,18). The first-order chi connectivity index (χ1) is 10.1. The molecule has 8 heteroatoms. The number of nitrogens with zero attached hydrogens (tertiary/aromatic N) is 2. The Kier molecular flexibility index (Phi) is 5.07. The van der Waals surface area contributed by atoms with Crippen molar-refractivity contribution in [3.05, 3.63) is 29.3 Å². The van der Waals surface area contributed by atoms with Crippen LogP contribution < -0.4 is 5.32 Å². The monoisotopic (exact) mass is 309 g/mol. The molecule has 2 N–H and O–H groups in total. The van der Waals surface area contributed by atoms with Gasteiger partial charge < -0.3 is 15.2 Å². The Morgan fingerprint density at radius 2 is 2.33 bits per heavy atom. The summed E-state index contributed by atoms with van der Waals surface area (Å²) in [5.41, 5.74) is 1.12. The number of thiophene rings is 1. The minimum atomic E-state index is -1.03. The molecule has 0 saturated carbocycles. The van der Waals surface area contributed by atoms with Crippen LogP contribution in [0.5, 0.6) is 0 Å². The van der Waals surface area contributed by atoms with E-state index in [4.69, 9.17) is 9.84 Å². The van der Waals surface area contributed by atoms with Crippen molar-refractivity contribution in [1.82, 2.24) is 15.1 Å². The van der Waals surface area contributed by atoms with Gasteiger partial charge in [-0.05, 0) is 11.4 Å². The van der Waals surface area contributed by atoms with E-state index in [0.717, 1.165) is 4.88 Å². The van der Waals surface area contributed by atoms with Crippen molar-refractivity contribution in [3.63, 3.8) is 0 Å². The highest BCUT2D eigenvalue weighted by Crippen LogP contribution is 2.26. The molecule has 0 spiro atoms. The summed E-state index contributed by atoms with van der Waals surface area (Å²) >= 11 is 1.51. The predicted molar refractivity (Wildman–Crippen MR) is 77.3 cm³/mol. The number of nitrogens with one attached hydrogen (secondary N) is 1. The molecule has 2 aromatic heterocycles. The molecule has 0 fully saturated rings. The van der Waals surface area contributed by atoms with E-state index in [1.807, 2.05) is 17.5 Å². The normalized spacial score (nSPS) is 10.5. The van der Waals surface area contributed by atoms with Crippen LogP contribution in [0, 0.1) is 0 Å². The first kappa shape index (κ1) is 15.2. The second-order valence-corrected chi connectivity index (χ2v) is 5.19. The molecule has 21 heavy (non-hydrogen) atoms. The second-order valence-electron chi connectivity index (χ2n) is 4.24. The van der Waals surface area contributed by atoms with Gasteiger partial charge in [0.1, 0.15) is 12.3 Å². The topological polar surface area (TPSA) is 93.5 Å². The van der Waals surface area contributed by atoms with Gasteiger partial charge in [0, 0.05) is 19.8 Å². The third-order valence-corrected chi connectivity index (χ3v) is 3.46. The molecule has 0 unspecified atom stereocenters. The number of aliphatic carboxylic acids is 1. The number of carboxylic acid groups (broad SMARTS) is 1. The van der Waals surface area contributed by atoms with Crippen molar-refractivity contribution in [2.24, 2.45) is 7.05 Å². The minimum absolute atomic E-state index is 0.145. The maximum atomic E-state index is 12.1. The molecular weight excluding hydrogens is 294 g/mol. The molecule has 7 nitrogen and oxygen atoms in total. The molecule has 0 atom stereocenters. The van der Waals surface area contributed by atoms with Gasteiger partial charge in [-0.2, -0.15) is 5.10 Å². The number of aromatic nitrogens is 2. The molecule has 2 rings (SSSR count). The van der Waals surface area contributed by atoms with Crippen molar-refractivity contribution in [2.45, 2.75) is 0 Å². The fraction of sp³-hybridized carbons (Fsp3) is 0.308. The quantitative estimate of drug-likeness (QED) is 0.744. The Labute approximate surface area is 125 Å². The molecule has 112 valence electrons. The smallest absolute Gasteiger partial charge is 0.329 e. The average Bonchev–Trinajstić information content (AvgIpc) is 3.06. The van der Waals surface area contributed by atoms with Gasteiger partial charge in [-0.1, -0.05) is 6.07 Å². The zero-order valence-electron chi connectivity index (χ0n) is 11.4. The van der Waals surface area contributed by atoms with Gasteiger partial charge in [0.2, 0.25) is 0 Å². The average molecular weight is 309 g/mol. The molecule has 0 saturated heterocycles. The van der Waals surface area contributed by atoms with Crippen LogP contribution in [0.1, 0.15) is 10.4 Å². The maximum absolute atomic E-state index is 12.1. The maximum Gasteiger partial charge on any atom is 0.329 e. The number of carbonyl (C=O) groups excluding carboxylic acids is 1. The summed E-state index contributed by atoms with van der Waals surface area (Å²) in [6.45, 7) is 0.0146. The van der Waals surface area contributed by atoms with Crippen molar-refractivity contribution in [2.75, 3.05) is 19.8 Å². The third-order valence-electron chi connectivity index (χ3n) is 2.59.